The third kappa shape index (κ3) is 5.39. The van der Waals surface area contributed by atoms with Crippen LogP contribution in [0.15, 0.2) is 24.5 Å². The molecule has 2 aliphatic rings. The minimum absolute atomic E-state index is 0.268. The second-order valence-electron chi connectivity index (χ2n) is 6.54. The van der Waals surface area contributed by atoms with Crippen molar-refractivity contribution in [3.05, 3.63) is 35.9 Å². The summed E-state index contributed by atoms with van der Waals surface area (Å²) in [5.41, 5.74) is 1.82. The lowest BCUT2D eigenvalue weighted by atomic mass is 10.3. The fraction of sp³-hybridized carbons (Fsp3) is 0.556. The monoisotopic (exact) mass is 372 g/mol. The van der Waals surface area contributed by atoms with E-state index in [1.165, 1.54) is 0 Å². The van der Waals surface area contributed by atoms with Gasteiger partial charge in [-0.2, -0.15) is 9.97 Å². The van der Waals surface area contributed by atoms with E-state index in [9.17, 15) is 0 Å². The summed E-state index contributed by atoms with van der Waals surface area (Å²) in [6, 6.07) is 4.34. The van der Waals surface area contributed by atoms with E-state index < -0.39 is 0 Å². The molecule has 2 saturated heterocycles. The quantitative estimate of drug-likeness (QED) is 0.728. The van der Waals surface area contributed by atoms with Gasteiger partial charge in [0.25, 0.3) is 0 Å². The second-order valence-corrected chi connectivity index (χ2v) is 6.54. The van der Waals surface area contributed by atoms with Gasteiger partial charge in [0.2, 0.25) is 0 Å². The first kappa shape index (κ1) is 18.2. The summed E-state index contributed by atoms with van der Waals surface area (Å²) in [4.78, 5) is 22.0. The van der Waals surface area contributed by atoms with Crippen LogP contribution >= 0.6 is 0 Å². The Kier molecular flexibility index (Phi) is 6.15. The van der Waals surface area contributed by atoms with Crippen LogP contribution in [0, 0.1) is 0 Å². The molecule has 0 spiro atoms. The first-order valence-corrected chi connectivity index (χ1v) is 9.27. The van der Waals surface area contributed by atoms with Crippen LogP contribution in [0.1, 0.15) is 11.4 Å². The maximum atomic E-state index is 5.71. The molecule has 0 radical (unpaired) electrons. The fourth-order valence-corrected chi connectivity index (χ4v) is 3.08. The lowest BCUT2D eigenvalue weighted by Gasteiger charge is -2.26. The summed E-state index contributed by atoms with van der Waals surface area (Å²) in [7, 11) is 0. The lowest BCUT2D eigenvalue weighted by molar-refractivity contribution is 0.0335. The third-order valence-electron chi connectivity index (χ3n) is 4.54. The highest BCUT2D eigenvalue weighted by molar-refractivity contribution is 5.12. The Balaban J connectivity index is 1.38. The van der Waals surface area contributed by atoms with E-state index >= 15 is 0 Å². The molecule has 4 heterocycles. The Morgan fingerprint density at radius 1 is 0.741 bits per heavy atom. The van der Waals surface area contributed by atoms with Crippen molar-refractivity contribution in [2.45, 2.75) is 13.1 Å². The van der Waals surface area contributed by atoms with Crippen LogP contribution in [0.4, 0.5) is 0 Å². The average molecular weight is 372 g/mol. The Bertz CT molecular complexity index is 673. The molecular formula is C18H24N6O3. The SMILES string of the molecule is c1cc(CN2CCOCC2)nc(Oc2nccc(CN3CCOCC3)n2)n1. The van der Waals surface area contributed by atoms with Crippen molar-refractivity contribution >= 4 is 0 Å². The molecule has 0 N–H and O–H groups in total. The molecule has 2 fully saturated rings. The molecule has 0 aromatic carbocycles. The highest BCUT2D eigenvalue weighted by Gasteiger charge is 2.14. The van der Waals surface area contributed by atoms with E-state index in [4.69, 9.17) is 14.2 Å². The molecule has 0 atom stereocenters. The number of nitrogens with zero attached hydrogens (tertiary/aromatic N) is 6. The predicted octanol–water partition coefficient (Wildman–Crippen LogP) is 0.723. The first-order valence-electron chi connectivity index (χ1n) is 9.27. The molecule has 0 amide bonds. The number of ether oxygens (including phenoxy) is 3. The largest absolute Gasteiger partial charge is 0.388 e. The van der Waals surface area contributed by atoms with Gasteiger partial charge in [-0.25, -0.2) is 9.97 Å². The summed E-state index contributed by atoms with van der Waals surface area (Å²) < 4.78 is 16.5. The van der Waals surface area contributed by atoms with Gasteiger partial charge in [0.05, 0.1) is 37.8 Å². The van der Waals surface area contributed by atoms with Crippen molar-refractivity contribution in [1.82, 2.24) is 29.7 Å². The molecule has 144 valence electrons. The molecule has 2 aliphatic heterocycles. The van der Waals surface area contributed by atoms with E-state index in [0.717, 1.165) is 77.1 Å². The van der Waals surface area contributed by atoms with Gasteiger partial charge in [-0.15, -0.1) is 0 Å². The van der Waals surface area contributed by atoms with E-state index in [0.29, 0.717) is 0 Å². The van der Waals surface area contributed by atoms with E-state index in [-0.39, 0.29) is 12.0 Å². The molecule has 9 heteroatoms. The minimum atomic E-state index is 0.268. The Hall–Kier alpha value is -2.20. The smallest absolute Gasteiger partial charge is 0.324 e. The van der Waals surface area contributed by atoms with Crippen molar-refractivity contribution < 1.29 is 14.2 Å². The van der Waals surface area contributed by atoms with Gasteiger partial charge in [0.1, 0.15) is 0 Å². The Morgan fingerprint density at radius 2 is 1.19 bits per heavy atom. The molecule has 0 unspecified atom stereocenters. The van der Waals surface area contributed by atoms with Crippen LogP contribution in [-0.2, 0) is 22.6 Å². The van der Waals surface area contributed by atoms with Crippen molar-refractivity contribution in [1.29, 1.82) is 0 Å². The van der Waals surface area contributed by atoms with Crippen LogP contribution in [0.25, 0.3) is 0 Å². The van der Waals surface area contributed by atoms with Crippen LogP contribution in [0.5, 0.6) is 12.0 Å². The van der Waals surface area contributed by atoms with E-state index in [1.807, 2.05) is 12.1 Å². The number of hydrogen-bond donors (Lipinski definition) is 0. The molecule has 27 heavy (non-hydrogen) atoms. The average Bonchev–Trinajstić information content (AvgIpc) is 2.70. The minimum Gasteiger partial charge on any atom is -0.388 e. The standard InChI is InChI=1S/C18H24N6O3/c1-3-19-17(21-15(1)13-23-5-9-25-10-6-23)27-18-20-4-2-16(22-18)14-24-7-11-26-12-8-24/h1-4H,5-14H2. The number of hydrogen-bond acceptors (Lipinski definition) is 9. The predicted molar refractivity (Wildman–Crippen MR) is 96.3 cm³/mol. The molecule has 0 aliphatic carbocycles. The highest BCUT2D eigenvalue weighted by Crippen LogP contribution is 2.15. The molecule has 4 rings (SSSR count). The molecule has 0 saturated carbocycles. The second kappa shape index (κ2) is 9.14. The summed E-state index contributed by atoms with van der Waals surface area (Å²) in [5.74, 6) is 0. The molecule has 2 aromatic heterocycles. The van der Waals surface area contributed by atoms with Gasteiger partial charge in [-0.3, -0.25) is 9.80 Å². The zero-order valence-electron chi connectivity index (χ0n) is 15.3. The van der Waals surface area contributed by atoms with Crippen LogP contribution < -0.4 is 4.74 Å². The van der Waals surface area contributed by atoms with Gasteiger partial charge < -0.3 is 14.2 Å². The normalized spacial score (nSPS) is 19.1. The first-order chi connectivity index (χ1) is 13.3. The third-order valence-corrected chi connectivity index (χ3v) is 4.54. The van der Waals surface area contributed by atoms with Crippen LogP contribution in [-0.4, -0.2) is 82.3 Å². The fourth-order valence-electron chi connectivity index (χ4n) is 3.08. The van der Waals surface area contributed by atoms with Crippen molar-refractivity contribution in [3.63, 3.8) is 0 Å². The number of aromatic nitrogens is 4. The summed E-state index contributed by atoms with van der Waals surface area (Å²) >= 11 is 0. The maximum Gasteiger partial charge on any atom is 0.324 e. The number of rotatable bonds is 6. The molecular weight excluding hydrogens is 348 g/mol. The lowest BCUT2D eigenvalue weighted by Crippen LogP contribution is -2.35. The van der Waals surface area contributed by atoms with Crippen molar-refractivity contribution in [2.24, 2.45) is 0 Å². The van der Waals surface area contributed by atoms with Crippen LogP contribution in [0.3, 0.4) is 0 Å². The maximum absolute atomic E-state index is 5.71. The molecule has 2 aromatic rings. The summed E-state index contributed by atoms with van der Waals surface area (Å²) in [5, 5.41) is 0. The zero-order valence-corrected chi connectivity index (χ0v) is 15.3. The van der Waals surface area contributed by atoms with E-state index in [2.05, 4.69) is 29.7 Å². The highest BCUT2D eigenvalue weighted by atomic mass is 16.5. The van der Waals surface area contributed by atoms with Gasteiger partial charge in [-0.05, 0) is 12.1 Å². The Labute approximate surface area is 158 Å². The van der Waals surface area contributed by atoms with Crippen LogP contribution in [0.2, 0.25) is 0 Å². The van der Waals surface area contributed by atoms with Gasteiger partial charge in [-0.1, -0.05) is 0 Å². The zero-order chi connectivity index (χ0) is 18.3. The van der Waals surface area contributed by atoms with Gasteiger partial charge in [0.15, 0.2) is 0 Å². The van der Waals surface area contributed by atoms with Gasteiger partial charge >= 0.3 is 12.0 Å². The summed E-state index contributed by atoms with van der Waals surface area (Å²) in [6.07, 6.45) is 3.41. The van der Waals surface area contributed by atoms with E-state index in [1.54, 1.807) is 12.4 Å². The van der Waals surface area contributed by atoms with Gasteiger partial charge in [0, 0.05) is 51.7 Å². The number of morpholine rings is 2. The summed E-state index contributed by atoms with van der Waals surface area (Å²) in [6.45, 7) is 8.19. The Morgan fingerprint density at radius 3 is 1.63 bits per heavy atom. The van der Waals surface area contributed by atoms with Crippen molar-refractivity contribution in [3.8, 4) is 12.0 Å². The topological polar surface area (TPSA) is 85.7 Å². The molecule has 0 bridgehead atoms. The van der Waals surface area contributed by atoms with Crippen molar-refractivity contribution in [2.75, 3.05) is 52.6 Å². The molecule has 9 nitrogen and oxygen atoms in total.